The van der Waals surface area contributed by atoms with Gasteiger partial charge >= 0.3 is 0 Å². The summed E-state index contributed by atoms with van der Waals surface area (Å²) in [5.41, 5.74) is -4.14. The molecule has 0 aliphatic carbocycles. The Kier molecular flexibility index (Phi) is 66.3. The van der Waals surface area contributed by atoms with Gasteiger partial charge < -0.3 is 34.3 Å². The fourth-order valence-electron chi connectivity index (χ4n) is 21.2. The fourth-order valence-corrected chi connectivity index (χ4v) is 21.2. The Bertz CT molecular complexity index is 2240. The van der Waals surface area contributed by atoms with Crippen molar-refractivity contribution in [1.29, 1.82) is 0 Å². The first-order valence-corrected chi connectivity index (χ1v) is 54.4. The second-order valence-corrected chi connectivity index (χ2v) is 46.0. The van der Waals surface area contributed by atoms with Crippen LogP contribution < -0.4 is 0 Å². The highest BCUT2D eigenvalue weighted by Gasteiger charge is 2.54. The molecule has 0 amide bonds. The van der Waals surface area contributed by atoms with E-state index in [1.54, 1.807) is 0 Å². The van der Waals surface area contributed by atoms with Gasteiger partial charge in [0.1, 0.15) is 5.60 Å². The van der Waals surface area contributed by atoms with E-state index in [0.717, 1.165) is 150 Å². The van der Waals surface area contributed by atoms with E-state index in [4.69, 9.17) is 18.9 Å². The second kappa shape index (κ2) is 68.8. The Hall–Kier alpha value is -0.280. The van der Waals surface area contributed by atoms with E-state index in [-0.39, 0.29) is 31.0 Å². The van der Waals surface area contributed by atoms with Gasteiger partial charge in [-0.05, 0) is 163 Å². The maximum absolute atomic E-state index is 12.6. The molecule has 3 N–H and O–H groups in total. The van der Waals surface area contributed by atoms with Crippen molar-refractivity contribution >= 4 is 0 Å². The van der Waals surface area contributed by atoms with Crippen molar-refractivity contribution in [2.24, 2.45) is 71.0 Å². The largest absolute Gasteiger partial charge is 0.390 e. The van der Waals surface area contributed by atoms with Crippen molar-refractivity contribution < 1.29 is 34.3 Å². The SMILES string of the molecule is CCCCCCCCCCCCCCCCCCCCCCCCCCCCC(O)C(C)(O)CO[C@@H]1CC[C@@H](C(C)(CCC[C@H](C)CCC[C@H](C)CCCC(C)C)OC(C)(CCC[C@H](C)CCC[C@H](C)CCCC(C)C)[C@H]2CC[C@H](C(C)(O)CCC[C@H](C)CCC[C@H](C)CCCC(C)C)O2)O[C@@]1(C)CCC[C@H](C)CCC[C@H](C)CCCC(C)C. The van der Waals surface area contributed by atoms with Gasteiger partial charge in [0.2, 0.25) is 0 Å². The Balaban J connectivity index is 2.37. The molecule has 0 aromatic carbocycles. The first-order valence-electron chi connectivity index (χ1n) is 54.4. The minimum atomic E-state index is -1.37. The Morgan fingerprint density at radius 1 is 0.303 bits per heavy atom. The summed E-state index contributed by atoms with van der Waals surface area (Å²) in [7, 11) is 0. The molecule has 7 heteroatoms. The van der Waals surface area contributed by atoms with Gasteiger partial charge in [0.25, 0.3) is 0 Å². The molecule has 0 aromatic rings. The number of hydrogen-bond donors (Lipinski definition) is 3. The van der Waals surface area contributed by atoms with Crippen molar-refractivity contribution in [2.75, 3.05) is 6.61 Å². The average Bonchev–Trinajstić information content (AvgIpc) is 1.64. The van der Waals surface area contributed by atoms with Crippen LogP contribution in [0.15, 0.2) is 0 Å². The van der Waals surface area contributed by atoms with E-state index in [0.29, 0.717) is 30.1 Å². The second-order valence-electron chi connectivity index (χ2n) is 46.0. The first kappa shape index (κ1) is 115. The maximum Gasteiger partial charge on any atom is 0.111 e. The van der Waals surface area contributed by atoms with Crippen LogP contribution in [0.25, 0.3) is 0 Å². The molecule has 2 fully saturated rings. The smallest absolute Gasteiger partial charge is 0.111 e. The van der Waals surface area contributed by atoms with E-state index in [1.165, 1.54) is 321 Å². The molecular formula is C112H222O7. The highest BCUT2D eigenvalue weighted by Crippen LogP contribution is 2.48. The van der Waals surface area contributed by atoms with Crippen LogP contribution in [0.3, 0.4) is 0 Å². The third-order valence-electron chi connectivity index (χ3n) is 30.4. The van der Waals surface area contributed by atoms with E-state index < -0.39 is 34.1 Å². The minimum absolute atomic E-state index is 0.0883. The van der Waals surface area contributed by atoms with Gasteiger partial charge in [-0.25, -0.2) is 0 Å². The molecule has 2 heterocycles. The van der Waals surface area contributed by atoms with Crippen LogP contribution in [0.4, 0.5) is 0 Å². The van der Waals surface area contributed by atoms with Crippen molar-refractivity contribution in [1.82, 2.24) is 0 Å². The van der Waals surface area contributed by atoms with Gasteiger partial charge in [-0.2, -0.15) is 0 Å². The van der Waals surface area contributed by atoms with E-state index in [9.17, 15) is 15.3 Å². The summed E-state index contributed by atoms with van der Waals surface area (Å²) in [6.45, 7) is 52.3. The summed E-state index contributed by atoms with van der Waals surface area (Å²) in [4.78, 5) is 0. The monoisotopic (exact) mass is 1680 g/mol. The molecule has 712 valence electrons. The van der Waals surface area contributed by atoms with Gasteiger partial charge in [0, 0.05) is 0 Å². The zero-order valence-electron chi connectivity index (χ0n) is 85.4. The average molecular weight is 1680 g/mol. The number of aliphatic hydroxyl groups is 3. The molecule has 2 aliphatic rings. The van der Waals surface area contributed by atoms with Crippen molar-refractivity contribution in [3.8, 4) is 0 Å². The quantitative estimate of drug-likeness (QED) is 0.0522. The molecule has 5 unspecified atom stereocenters. The molecule has 0 saturated carbocycles. The van der Waals surface area contributed by atoms with Crippen LogP contribution >= 0.6 is 0 Å². The van der Waals surface area contributed by atoms with Gasteiger partial charge in [0.05, 0.1) is 59.5 Å². The standard InChI is InChI=1S/C112H222O7/c1-23-24-25-26-27-28-29-30-31-32-33-34-35-36-37-38-39-40-41-42-43-44-45-46-47-48-81-103(113)109(19,115)90-116-105-83-85-107(118-110(105,20)87-58-78-100(15)74-54-70-96(11)66-50-62-92(4)5)112(22,89-60-80-102(17)76-56-72-98(13)68-52-64-94(8)9)119-111(21,88-59-79-101(16)75-55-71-97(12)67-51-63-93(6)7)106-84-82-104(117-106)108(18,114)86-57-77-99(14)73-53-69-95(10)65-49-61-91(2)3/h91-107,113-115H,23-90H2,1-22H3/t95-,96-,97-,98-,99-,100-,101-,102-,103?,104-,105-,106-,107+,108?,109?,110+,111?,112?/m1/s1. The number of unbranched alkanes of at least 4 members (excludes halogenated alkanes) is 25. The number of aliphatic hydroxyl groups excluding tert-OH is 1. The van der Waals surface area contributed by atoms with E-state index in [2.05, 4.69) is 145 Å². The lowest BCUT2D eigenvalue weighted by Gasteiger charge is -2.53. The molecule has 2 rings (SSSR count). The Labute approximate surface area is 748 Å². The normalized spacial score (nSPS) is 22.0. The van der Waals surface area contributed by atoms with Crippen LogP contribution in [0.5, 0.6) is 0 Å². The van der Waals surface area contributed by atoms with Crippen LogP contribution in [-0.2, 0) is 18.9 Å². The third-order valence-corrected chi connectivity index (χ3v) is 30.4. The molecule has 2 saturated heterocycles. The number of ether oxygens (including phenoxy) is 4. The molecule has 0 spiro atoms. The lowest BCUT2D eigenvalue weighted by Crippen LogP contribution is -2.60. The van der Waals surface area contributed by atoms with Gasteiger partial charge in [-0.15, -0.1) is 0 Å². The van der Waals surface area contributed by atoms with Crippen molar-refractivity contribution in [2.45, 2.75) is 641 Å². The van der Waals surface area contributed by atoms with Crippen LogP contribution in [-0.4, -0.2) is 80.5 Å². The van der Waals surface area contributed by atoms with Crippen molar-refractivity contribution in [3.05, 3.63) is 0 Å². The van der Waals surface area contributed by atoms with Gasteiger partial charge in [-0.1, -0.05) is 490 Å². The lowest BCUT2D eigenvalue weighted by atomic mass is 9.78. The lowest BCUT2D eigenvalue weighted by molar-refractivity contribution is -0.290. The third kappa shape index (κ3) is 58.1. The van der Waals surface area contributed by atoms with Crippen molar-refractivity contribution in [3.63, 3.8) is 0 Å². The number of rotatable bonds is 84. The molecule has 2 aliphatic heterocycles. The summed E-state index contributed by atoms with van der Waals surface area (Å²) in [5, 5.41) is 36.8. The summed E-state index contributed by atoms with van der Waals surface area (Å²) in [6, 6.07) is 0. The predicted octanol–water partition coefficient (Wildman–Crippen LogP) is 35.6. The van der Waals surface area contributed by atoms with Gasteiger partial charge in [0.15, 0.2) is 0 Å². The minimum Gasteiger partial charge on any atom is -0.390 e. The molecule has 0 radical (unpaired) electrons. The zero-order valence-corrected chi connectivity index (χ0v) is 85.4. The molecule has 0 bridgehead atoms. The summed E-state index contributed by atoms with van der Waals surface area (Å²) < 4.78 is 30.9. The van der Waals surface area contributed by atoms with Crippen LogP contribution in [0.1, 0.15) is 583 Å². The molecule has 119 heavy (non-hydrogen) atoms. The van der Waals surface area contributed by atoms with E-state index >= 15 is 0 Å². The number of hydrogen-bond acceptors (Lipinski definition) is 7. The fraction of sp³-hybridized carbons (Fsp3) is 1.00. The highest BCUT2D eigenvalue weighted by molar-refractivity contribution is 5.03. The summed E-state index contributed by atoms with van der Waals surface area (Å²) in [6.07, 6.45) is 82.2. The maximum atomic E-state index is 12.6. The van der Waals surface area contributed by atoms with Gasteiger partial charge in [-0.3, -0.25) is 0 Å². The molecular weight excluding hydrogens is 1460 g/mol. The summed E-state index contributed by atoms with van der Waals surface area (Å²) >= 11 is 0. The molecule has 18 atom stereocenters. The Morgan fingerprint density at radius 2 is 0.563 bits per heavy atom. The molecule has 7 nitrogen and oxygen atoms in total. The highest BCUT2D eigenvalue weighted by atomic mass is 16.6. The predicted molar refractivity (Wildman–Crippen MR) is 525 cm³/mol. The topological polar surface area (TPSA) is 97.6 Å². The molecule has 0 aromatic heterocycles. The Morgan fingerprint density at radius 3 is 0.882 bits per heavy atom. The van der Waals surface area contributed by atoms with Crippen LogP contribution in [0, 0.1) is 71.0 Å². The van der Waals surface area contributed by atoms with Crippen LogP contribution in [0.2, 0.25) is 0 Å². The summed E-state index contributed by atoms with van der Waals surface area (Å²) in [5.74, 6) is 8.90. The first-order chi connectivity index (χ1) is 56.6. The zero-order chi connectivity index (χ0) is 88.2. The van der Waals surface area contributed by atoms with E-state index in [1.807, 2.05) is 6.92 Å².